The van der Waals surface area contributed by atoms with Crippen molar-refractivity contribution >= 4 is 23.0 Å². The maximum Gasteiger partial charge on any atom is 0.231 e. The van der Waals surface area contributed by atoms with Crippen molar-refractivity contribution in [3.63, 3.8) is 0 Å². The lowest BCUT2D eigenvalue weighted by Crippen LogP contribution is -2.56. The van der Waals surface area contributed by atoms with Crippen LogP contribution in [0.2, 0.25) is 0 Å². The predicted molar refractivity (Wildman–Crippen MR) is 102 cm³/mol. The smallest absolute Gasteiger partial charge is 0.231 e. The number of thiocarbonyl (C=S) groups is 1. The summed E-state index contributed by atoms with van der Waals surface area (Å²) in [5.41, 5.74) is 1.40. The fourth-order valence-corrected chi connectivity index (χ4v) is 6.49. The van der Waals surface area contributed by atoms with Crippen LogP contribution < -0.4 is 20.1 Å². The van der Waals surface area contributed by atoms with Gasteiger partial charge < -0.3 is 20.1 Å². The van der Waals surface area contributed by atoms with E-state index in [-0.39, 0.29) is 0 Å². The van der Waals surface area contributed by atoms with Gasteiger partial charge in [0.25, 0.3) is 0 Å². The highest BCUT2D eigenvalue weighted by molar-refractivity contribution is 7.80. The minimum absolute atomic E-state index is 0.296. The van der Waals surface area contributed by atoms with Gasteiger partial charge in [0, 0.05) is 17.8 Å². The van der Waals surface area contributed by atoms with E-state index in [4.69, 9.17) is 21.7 Å². The third kappa shape index (κ3) is 2.77. The minimum atomic E-state index is 0.296. The van der Waals surface area contributed by atoms with E-state index in [1.165, 1.54) is 38.5 Å². The zero-order valence-corrected chi connectivity index (χ0v) is 15.5. The Morgan fingerprint density at radius 3 is 2.40 bits per heavy atom. The van der Waals surface area contributed by atoms with Crippen LogP contribution in [0.1, 0.15) is 45.4 Å². The SMILES string of the molecule is CC(NC(=S)Nc1ccc2c(c1)OCO2)C12CC3CC(CC(C3)C1)C2. The summed E-state index contributed by atoms with van der Waals surface area (Å²) in [6, 6.07) is 6.29. The summed E-state index contributed by atoms with van der Waals surface area (Å²) in [7, 11) is 0. The summed E-state index contributed by atoms with van der Waals surface area (Å²) in [4.78, 5) is 0. The van der Waals surface area contributed by atoms with E-state index in [0.717, 1.165) is 34.9 Å². The maximum atomic E-state index is 5.60. The highest BCUT2D eigenvalue weighted by atomic mass is 32.1. The van der Waals surface area contributed by atoms with Crippen LogP contribution in [0.3, 0.4) is 0 Å². The Morgan fingerprint density at radius 2 is 1.72 bits per heavy atom. The molecule has 4 fully saturated rings. The maximum absolute atomic E-state index is 5.60. The lowest BCUT2D eigenvalue weighted by atomic mass is 9.48. The molecule has 1 aliphatic heterocycles. The molecule has 1 heterocycles. The van der Waals surface area contributed by atoms with Gasteiger partial charge in [-0.2, -0.15) is 0 Å². The van der Waals surface area contributed by atoms with Gasteiger partial charge in [0.2, 0.25) is 6.79 Å². The van der Waals surface area contributed by atoms with E-state index in [0.29, 0.717) is 23.4 Å². The van der Waals surface area contributed by atoms with E-state index in [9.17, 15) is 0 Å². The number of fused-ring (bicyclic) bond motifs is 1. The molecular weight excluding hydrogens is 332 g/mol. The monoisotopic (exact) mass is 358 g/mol. The van der Waals surface area contributed by atoms with Crippen LogP contribution in [-0.4, -0.2) is 17.9 Å². The van der Waals surface area contributed by atoms with Crippen LogP contribution in [0.15, 0.2) is 18.2 Å². The van der Waals surface area contributed by atoms with Crippen molar-refractivity contribution in [1.82, 2.24) is 5.32 Å². The van der Waals surface area contributed by atoms with Crippen molar-refractivity contribution in [2.45, 2.75) is 51.5 Å². The Hall–Kier alpha value is -1.49. The average molecular weight is 359 g/mol. The van der Waals surface area contributed by atoms with Crippen LogP contribution in [0, 0.1) is 23.2 Å². The van der Waals surface area contributed by atoms with Crippen LogP contribution in [0.5, 0.6) is 11.5 Å². The number of ether oxygens (including phenoxy) is 2. The molecule has 0 aromatic heterocycles. The molecule has 1 unspecified atom stereocenters. The summed E-state index contributed by atoms with van der Waals surface area (Å²) in [5.74, 6) is 4.47. The first-order valence-electron chi connectivity index (χ1n) is 9.57. The Bertz CT molecular complexity index is 670. The van der Waals surface area contributed by atoms with Crippen molar-refractivity contribution in [1.29, 1.82) is 0 Å². The molecule has 0 saturated heterocycles. The van der Waals surface area contributed by atoms with Gasteiger partial charge in [0.05, 0.1) is 0 Å². The second-order valence-corrected chi connectivity index (χ2v) is 9.08. The van der Waals surface area contributed by atoms with Gasteiger partial charge in [-0.15, -0.1) is 0 Å². The van der Waals surface area contributed by atoms with E-state index in [1.807, 2.05) is 18.2 Å². The molecule has 0 amide bonds. The topological polar surface area (TPSA) is 42.5 Å². The van der Waals surface area contributed by atoms with Crippen molar-refractivity contribution in [2.24, 2.45) is 23.2 Å². The Balaban J connectivity index is 1.25. The normalized spacial score (nSPS) is 35.5. The second-order valence-electron chi connectivity index (χ2n) is 8.67. The molecule has 4 saturated carbocycles. The molecular formula is C20H26N2O2S. The highest BCUT2D eigenvalue weighted by Crippen LogP contribution is 2.61. The molecule has 1 aromatic rings. The summed E-state index contributed by atoms with van der Waals surface area (Å²) >= 11 is 5.60. The summed E-state index contributed by atoms with van der Waals surface area (Å²) in [6.07, 6.45) is 8.60. The molecule has 4 bridgehead atoms. The number of hydrogen-bond donors (Lipinski definition) is 2. The van der Waals surface area contributed by atoms with Crippen molar-refractivity contribution < 1.29 is 9.47 Å². The van der Waals surface area contributed by atoms with E-state index in [2.05, 4.69) is 17.6 Å². The first-order chi connectivity index (χ1) is 12.1. The first-order valence-corrected chi connectivity index (χ1v) is 9.98. The van der Waals surface area contributed by atoms with E-state index in [1.54, 1.807) is 0 Å². The standard InChI is InChI=1S/C20H26N2O2S/c1-12(20-8-13-4-14(9-20)6-15(5-13)10-20)21-19(25)22-16-2-3-17-18(7-16)24-11-23-17/h2-3,7,12-15H,4-6,8-11H2,1H3,(H2,21,22,25). The summed E-state index contributed by atoms with van der Waals surface area (Å²) < 4.78 is 10.8. The zero-order chi connectivity index (χ0) is 17.0. The first kappa shape index (κ1) is 15.7. The van der Waals surface area contributed by atoms with Gasteiger partial charge in [-0.05, 0) is 93.0 Å². The fraction of sp³-hybridized carbons (Fsp3) is 0.650. The molecule has 1 aromatic carbocycles. The Morgan fingerprint density at radius 1 is 1.08 bits per heavy atom. The second kappa shape index (κ2) is 5.76. The molecule has 25 heavy (non-hydrogen) atoms. The lowest BCUT2D eigenvalue weighted by molar-refractivity contribution is -0.0671. The van der Waals surface area contributed by atoms with E-state index >= 15 is 0 Å². The highest BCUT2D eigenvalue weighted by Gasteiger charge is 2.53. The number of nitrogens with one attached hydrogen (secondary N) is 2. The van der Waals surface area contributed by atoms with E-state index < -0.39 is 0 Å². The van der Waals surface area contributed by atoms with Crippen molar-refractivity contribution in [3.8, 4) is 11.5 Å². The number of anilines is 1. The zero-order valence-electron chi connectivity index (χ0n) is 14.7. The Labute approximate surface area is 154 Å². The van der Waals surface area contributed by atoms with Crippen LogP contribution >= 0.6 is 12.2 Å². The van der Waals surface area contributed by atoms with Gasteiger partial charge in [-0.1, -0.05) is 0 Å². The third-order valence-corrected chi connectivity index (χ3v) is 7.20. The largest absolute Gasteiger partial charge is 0.454 e. The molecule has 0 spiro atoms. The Kier molecular flexibility index (Phi) is 3.63. The molecule has 4 nitrogen and oxygen atoms in total. The van der Waals surface area contributed by atoms with Crippen LogP contribution in [-0.2, 0) is 0 Å². The third-order valence-electron chi connectivity index (χ3n) is 6.98. The van der Waals surface area contributed by atoms with Gasteiger partial charge in [-0.25, -0.2) is 0 Å². The summed E-state index contributed by atoms with van der Waals surface area (Å²) in [6.45, 7) is 2.63. The molecule has 0 radical (unpaired) electrons. The molecule has 134 valence electrons. The average Bonchev–Trinajstić information content (AvgIpc) is 3.01. The van der Waals surface area contributed by atoms with Crippen LogP contribution in [0.4, 0.5) is 5.69 Å². The minimum Gasteiger partial charge on any atom is -0.454 e. The van der Waals surface area contributed by atoms with Gasteiger partial charge >= 0.3 is 0 Å². The molecule has 5 heteroatoms. The molecule has 6 rings (SSSR count). The number of benzene rings is 1. The molecule has 5 aliphatic rings. The number of hydrogen-bond acceptors (Lipinski definition) is 3. The number of rotatable bonds is 3. The van der Waals surface area contributed by atoms with Gasteiger partial charge in [-0.3, -0.25) is 0 Å². The summed E-state index contributed by atoms with van der Waals surface area (Å²) in [5, 5.41) is 7.63. The van der Waals surface area contributed by atoms with Crippen molar-refractivity contribution in [2.75, 3.05) is 12.1 Å². The van der Waals surface area contributed by atoms with Crippen molar-refractivity contribution in [3.05, 3.63) is 18.2 Å². The predicted octanol–water partition coefficient (Wildman–Crippen LogP) is 4.31. The molecule has 2 N–H and O–H groups in total. The quantitative estimate of drug-likeness (QED) is 0.788. The lowest BCUT2D eigenvalue weighted by Gasteiger charge is -2.59. The van der Waals surface area contributed by atoms with Gasteiger partial charge in [0.15, 0.2) is 16.6 Å². The molecule has 4 aliphatic carbocycles. The fourth-order valence-electron chi connectivity index (χ4n) is 6.20. The van der Waals surface area contributed by atoms with Gasteiger partial charge in [0.1, 0.15) is 0 Å². The van der Waals surface area contributed by atoms with Crippen LogP contribution in [0.25, 0.3) is 0 Å². The molecule has 1 atom stereocenters.